The van der Waals surface area contributed by atoms with Gasteiger partial charge in [0.25, 0.3) is 0 Å². The third-order valence-corrected chi connectivity index (χ3v) is 3.74. The van der Waals surface area contributed by atoms with E-state index in [4.69, 9.17) is 4.74 Å². The molecule has 0 spiro atoms. The maximum absolute atomic E-state index is 9.37. The first kappa shape index (κ1) is 17.3. The number of aromatic nitrogens is 1. The van der Waals surface area contributed by atoms with Crippen molar-refractivity contribution in [2.45, 2.75) is 39.0 Å². The van der Waals surface area contributed by atoms with Crippen LogP contribution in [0.5, 0.6) is 5.75 Å². The topological polar surface area (TPSA) is 65.8 Å². The second-order valence-corrected chi connectivity index (χ2v) is 7.37. The lowest BCUT2D eigenvalue weighted by molar-refractivity contribution is 0.400. The Balaban J connectivity index is 2.88. The lowest BCUT2D eigenvalue weighted by Gasteiger charge is -2.27. The molecule has 0 unspecified atom stereocenters. The van der Waals surface area contributed by atoms with Crippen LogP contribution in [0.1, 0.15) is 33.4 Å². The Kier molecular flexibility index (Phi) is 6.32. The lowest BCUT2D eigenvalue weighted by Crippen LogP contribution is -2.32. The van der Waals surface area contributed by atoms with E-state index in [2.05, 4.69) is 37.0 Å². The summed E-state index contributed by atoms with van der Waals surface area (Å²) in [4.78, 5) is 4.31. The molecule has 5 nitrogen and oxygen atoms in total. The van der Waals surface area contributed by atoms with Crippen molar-refractivity contribution >= 4 is 24.5 Å². The number of ether oxygens (including phenoxy) is 1. The van der Waals surface area contributed by atoms with Crippen LogP contribution in [-0.2, 0) is 6.54 Å². The van der Waals surface area contributed by atoms with Crippen molar-refractivity contribution in [1.29, 1.82) is 0 Å². The predicted molar refractivity (Wildman–Crippen MR) is 84.0 cm³/mol. The van der Waals surface area contributed by atoms with E-state index >= 15 is 0 Å². The van der Waals surface area contributed by atoms with Crippen molar-refractivity contribution in [3.05, 3.63) is 18.0 Å². The van der Waals surface area contributed by atoms with Gasteiger partial charge in [-0.05, 0) is 26.8 Å². The fourth-order valence-corrected chi connectivity index (χ4v) is 2.84. The molecular weight excluding hydrogens is 275 g/mol. The molecule has 0 radical (unpaired) electrons. The summed E-state index contributed by atoms with van der Waals surface area (Å²) < 4.78 is 7.40. The summed E-state index contributed by atoms with van der Waals surface area (Å²) in [6.07, 6.45) is 1.53. The fraction of sp³-hybridized carbons (Fsp3) is 0.615. The van der Waals surface area contributed by atoms with Crippen LogP contribution in [-0.4, -0.2) is 44.9 Å². The normalized spacial score (nSPS) is 11.8. The minimum Gasteiger partial charge on any atom is -0.496 e. The van der Waals surface area contributed by atoms with Crippen LogP contribution in [0.3, 0.4) is 0 Å². The third-order valence-electron chi connectivity index (χ3n) is 2.55. The average Bonchev–Trinajstić information content (AvgIpc) is 2.36. The van der Waals surface area contributed by atoms with Crippen molar-refractivity contribution in [3.63, 3.8) is 0 Å². The summed E-state index contributed by atoms with van der Waals surface area (Å²) in [5, 5.41) is 18.7. The summed E-state index contributed by atoms with van der Waals surface area (Å²) in [7, 11) is -0.0758. The molecule has 0 aliphatic heterocycles. The molecule has 1 rings (SSSR count). The summed E-state index contributed by atoms with van der Waals surface area (Å²) in [5.74, 6) is 0.385. The van der Waals surface area contributed by atoms with Gasteiger partial charge in [-0.2, -0.15) is 0 Å². The van der Waals surface area contributed by atoms with Crippen molar-refractivity contribution in [2.75, 3.05) is 13.7 Å². The average molecular weight is 298 g/mol. The largest absolute Gasteiger partial charge is 0.496 e. The van der Waals surface area contributed by atoms with Gasteiger partial charge in [0.15, 0.2) is 0 Å². The van der Waals surface area contributed by atoms with E-state index in [1.807, 2.05) is 0 Å². The van der Waals surface area contributed by atoms with Crippen molar-refractivity contribution in [3.8, 4) is 5.75 Å². The first-order chi connectivity index (χ1) is 9.26. The van der Waals surface area contributed by atoms with Gasteiger partial charge in [-0.15, -0.1) is 0 Å². The van der Waals surface area contributed by atoms with Gasteiger partial charge in [0.1, 0.15) is 5.75 Å². The van der Waals surface area contributed by atoms with Crippen LogP contribution in [0.4, 0.5) is 0 Å². The SMILES string of the molecule is CCN(Cc1cc(B(O)O)c(OC)cn1)SC(C)(C)C. The monoisotopic (exact) mass is 298 g/mol. The highest BCUT2D eigenvalue weighted by molar-refractivity contribution is 7.98. The van der Waals surface area contributed by atoms with Gasteiger partial charge < -0.3 is 14.8 Å². The van der Waals surface area contributed by atoms with E-state index in [0.29, 0.717) is 17.8 Å². The molecule has 0 saturated carbocycles. The van der Waals surface area contributed by atoms with E-state index in [9.17, 15) is 10.0 Å². The molecule has 1 aromatic heterocycles. The van der Waals surface area contributed by atoms with E-state index in [1.165, 1.54) is 13.3 Å². The number of rotatable bonds is 6. The Bertz CT molecular complexity index is 438. The summed E-state index contributed by atoms with van der Waals surface area (Å²) in [5.41, 5.74) is 1.13. The maximum atomic E-state index is 9.37. The quantitative estimate of drug-likeness (QED) is 0.604. The zero-order valence-corrected chi connectivity index (χ0v) is 13.6. The van der Waals surface area contributed by atoms with Crippen LogP contribution in [0.25, 0.3) is 0 Å². The molecule has 112 valence electrons. The number of hydrogen-bond acceptors (Lipinski definition) is 6. The van der Waals surface area contributed by atoms with E-state index < -0.39 is 7.12 Å². The number of nitrogens with zero attached hydrogens (tertiary/aromatic N) is 2. The van der Waals surface area contributed by atoms with Crippen molar-refractivity contribution in [2.24, 2.45) is 0 Å². The number of methoxy groups -OCH3 is 1. The molecule has 0 aliphatic carbocycles. The molecule has 20 heavy (non-hydrogen) atoms. The molecule has 1 aromatic rings. The summed E-state index contributed by atoms with van der Waals surface area (Å²) in [6.45, 7) is 10.1. The minimum atomic E-state index is -1.56. The molecule has 0 saturated heterocycles. The molecule has 7 heteroatoms. The van der Waals surface area contributed by atoms with Crippen molar-refractivity contribution in [1.82, 2.24) is 9.29 Å². The van der Waals surface area contributed by atoms with Gasteiger partial charge in [0, 0.05) is 16.8 Å². The molecule has 0 amide bonds. The molecule has 0 fully saturated rings. The molecular formula is C13H23BN2O3S. The first-order valence-corrected chi connectivity index (χ1v) is 7.37. The zero-order valence-electron chi connectivity index (χ0n) is 12.8. The van der Waals surface area contributed by atoms with Crippen LogP contribution in [0.15, 0.2) is 12.3 Å². The van der Waals surface area contributed by atoms with Crippen LogP contribution in [0.2, 0.25) is 0 Å². The van der Waals surface area contributed by atoms with Gasteiger partial charge >= 0.3 is 7.12 Å². The molecule has 0 aromatic carbocycles. The Morgan fingerprint density at radius 1 is 1.40 bits per heavy atom. The smallest absolute Gasteiger partial charge is 0.492 e. The van der Waals surface area contributed by atoms with Crippen LogP contribution >= 0.6 is 11.9 Å². The van der Waals surface area contributed by atoms with Gasteiger partial charge in [-0.3, -0.25) is 4.98 Å². The van der Waals surface area contributed by atoms with E-state index in [1.54, 1.807) is 18.0 Å². The maximum Gasteiger partial charge on any atom is 0.492 e. The minimum absolute atomic E-state index is 0.127. The summed E-state index contributed by atoms with van der Waals surface area (Å²) >= 11 is 1.76. The van der Waals surface area contributed by atoms with Gasteiger partial charge in [0.2, 0.25) is 0 Å². The first-order valence-electron chi connectivity index (χ1n) is 6.60. The van der Waals surface area contributed by atoms with E-state index in [0.717, 1.165) is 12.2 Å². The lowest BCUT2D eigenvalue weighted by atomic mass is 9.80. The Morgan fingerprint density at radius 2 is 2.05 bits per heavy atom. The Labute approximate surface area is 125 Å². The van der Waals surface area contributed by atoms with Crippen molar-refractivity contribution < 1.29 is 14.8 Å². The zero-order chi connectivity index (χ0) is 15.3. The molecule has 0 bridgehead atoms. The number of hydrogen-bond donors (Lipinski definition) is 2. The Morgan fingerprint density at radius 3 is 2.50 bits per heavy atom. The molecule has 0 aliphatic rings. The highest BCUT2D eigenvalue weighted by atomic mass is 32.2. The van der Waals surface area contributed by atoms with Crippen LogP contribution < -0.4 is 10.2 Å². The third kappa shape index (κ3) is 5.32. The predicted octanol–water partition coefficient (Wildman–Crippen LogP) is 1.04. The molecule has 0 atom stereocenters. The highest BCUT2D eigenvalue weighted by Gasteiger charge is 2.20. The Hall–Kier alpha value is -0.755. The number of pyridine rings is 1. The van der Waals surface area contributed by atoms with Gasteiger partial charge in [-0.25, -0.2) is 4.31 Å². The summed E-state index contributed by atoms with van der Waals surface area (Å²) in [6, 6.07) is 1.68. The van der Waals surface area contributed by atoms with Crippen LogP contribution in [0, 0.1) is 0 Å². The molecule has 2 N–H and O–H groups in total. The standard InChI is InChI=1S/C13H23BN2O3S/c1-6-16(20-13(2,3)4)9-10-7-11(14(17)18)12(19-5)8-15-10/h7-8,17-18H,6,9H2,1-5H3. The fourth-order valence-electron chi connectivity index (χ4n) is 1.74. The second kappa shape index (κ2) is 7.31. The second-order valence-electron chi connectivity index (χ2n) is 5.45. The van der Waals surface area contributed by atoms with E-state index in [-0.39, 0.29) is 4.75 Å². The van der Waals surface area contributed by atoms with Gasteiger partial charge in [-0.1, -0.05) is 18.9 Å². The molecule has 1 heterocycles. The van der Waals surface area contributed by atoms with Gasteiger partial charge in [0.05, 0.1) is 25.5 Å². The highest BCUT2D eigenvalue weighted by Crippen LogP contribution is 2.28.